The molecule has 0 heterocycles. The minimum Gasteiger partial charge on any atom is -0.744 e. The van der Waals surface area contributed by atoms with Gasteiger partial charge in [-0.15, -0.1) is 0 Å². The van der Waals surface area contributed by atoms with Crippen molar-refractivity contribution in [2.75, 3.05) is 41.9 Å². The van der Waals surface area contributed by atoms with E-state index in [0.717, 1.165) is 17.1 Å². The van der Waals surface area contributed by atoms with Crippen molar-refractivity contribution >= 4 is 37.3 Å². The van der Waals surface area contributed by atoms with Gasteiger partial charge in [0.1, 0.15) is 25.8 Å². The van der Waals surface area contributed by atoms with Gasteiger partial charge in [-0.3, -0.25) is 0 Å². The van der Waals surface area contributed by atoms with E-state index in [4.69, 9.17) is 0 Å². The average molecular weight is 774 g/mol. The Morgan fingerprint density at radius 1 is 0.547 bits per heavy atom. The van der Waals surface area contributed by atoms with Gasteiger partial charge >= 0.3 is 59.1 Å². The van der Waals surface area contributed by atoms with Gasteiger partial charge in [0.25, 0.3) is 0 Å². The summed E-state index contributed by atoms with van der Waals surface area (Å²) in [6, 6.07) is 34.9. The summed E-state index contributed by atoms with van der Waals surface area (Å²) in [6.07, 6.45) is 0. The quantitative estimate of drug-likeness (QED) is 0.0924. The largest absolute Gasteiger partial charge is 1.00 e. The van der Waals surface area contributed by atoms with Gasteiger partial charge in [0, 0.05) is 57.3 Å². The summed E-state index contributed by atoms with van der Waals surface area (Å²) in [5.41, 5.74) is 4.44. The van der Waals surface area contributed by atoms with Crippen molar-refractivity contribution in [1.82, 2.24) is 0 Å². The second-order valence-electron chi connectivity index (χ2n) is 12.5. The second-order valence-corrected chi connectivity index (χ2v) is 15.2. The zero-order valence-corrected chi connectivity index (χ0v) is 36.6. The molecule has 53 heavy (non-hydrogen) atoms. The molecular weight excluding hydrogens is 733 g/mol. The van der Waals surface area contributed by atoms with Crippen LogP contribution in [-0.4, -0.2) is 58.2 Å². The van der Waals surface area contributed by atoms with Gasteiger partial charge in [-0.1, -0.05) is 60.7 Å². The summed E-state index contributed by atoms with van der Waals surface area (Å²) in [5, 5.41) is 12.7. The van der Waals surface area contributed by atoms with E-state index in [-0.39, 0.29) is 68.9 Å². The van der Waals surface area contributed by atoms with Gasteiger partial charge in [0.15, 0.2) is 0 Å². The maximum absolute atomic E-state index is 12.7. The van der Waals surface area contributed by atoms with Crippen LogP contribution in [0.1, 0.15) is 41.7 Å². The van der Waals surface area contributed by atoms with Crippen LogP contribution in [0, 0.1) is 0 Å². The predicted molar refractivity (Wildman–Crippen MR) is 198 cm³/mol. The van der Waals surface area contributed by atoms with E-state index in [9.17, 15) is 31.0 Å². The maximum atomic E-state index is 12.7. The van der Waals surface area contributed by atoms with Crippen LogP contribution >= 0.6 is 0 Å². The van der Waals surface area contributed by atoms with E-state index in [1.54, 1.807) is 24.3 Å². The third-order valence-corrected chi connectivity index (χ3v) is 10.6. The van der Waals surface area contributed by atoms with Crippen LogP contribution in [0.4, 0.5) is 17.1 Å². The Bertz CT molecular complexity index is 2060. The molecule has 0 aliphatic rings. The zero-order valence-electron chi connectivity index (χ0n) is 30.9. The molecule has 0 amide bonds. The number of hydrogen-bond acceptors (Lipinski definition) is 10. The van der Waals surface area contributed by atoms with Crippen LogP contribution in [-0.2, 0) is 38.9 Å². The first-order chi connectivity index (χ1) is 24.1. The normalized spacial score (nSPS) is 11.6. The van der Waals surface area contributed by atoms with E-state index >= 15 is 0 Å². The Kier molecular flexibility index (Phi) is 15.8. The molecule has 268 valence electrons. The number of nitrogens with zero attached hydrogens (tertiary/aromatic N) is 3. The molecule has 5 aromatic rings. The predicted octanol–water partition coefficient (Wildman–Crippen LogP) is -0.0940. The molecule has 0 unspecified atom stereocenters. The van der Waals surface area contributed by atoms with Gasteiger partial charge in [0.2, 0.25) is 0 Å². The monoisotopic (exact) mass is 773 g/mol. The van der Waals surface area contributed by atoms with Crippen molar-refractivity contribution < 1.29 is 90.2 Å². The molecule has 0 radical (unpaired) electrons. The molecule has 5 rings (SSSR count). The van der Waals surface area contributed by atoms with Crippen molar-refractivity contribution in [3.8, 4) is 0 Å². The number of anilines is 3. The molecule has 0 saturated heterocycles. The van der Waals surface area contributed by atoms with Gasteiger partial charge in [-0.2, -0.15) is 0 Å². The second kappa shape index (κ2) is 18.7. The van der Waals surface area contributed by atoms with Crippen LogP contribution in [0.25, 0.3) is 0 Å². The fourth-order valence-corrected chi connectivity index (χ4v) is 7.22. The van der Waals surface area contributed by atoms with Gasteiger partial charge in [-0.05, 0) is 102 Å². The summed E-state index contributed by atoms with van der Waals surface area (Å²) in [7, 11) is -5.26. The van der Waals surface area contributed by atoms with Crippen molar-refractivity contribution in [1.29, 1.82) is 0 Å². The SMILES string of the molecule is CCN(Cc1cccc(S(=O)(=O)[O-])c1)c1ccc(C(O)(c2ccc(N(C)C)cc2)c2ccc(N(CC)Cc3cccc(S(=O)(=O)[O-])c3)cc2)cc1.[Na+].[Na+]. The van der Waals surface area contributed by atoms with Crippen LogP contribution < -0.4 is 73.8 Å². The van der Waals surface area contributed by atoms with Gasteiger partial charge in [-0.25, -0.2) is 16.8 Å². The Labute approximate surface area is 357 Å². The zero-order chi connectivity index (χ0) is 37.0. The van der Waals surface area contributed by atoms with Crippen molar-refractivity contribution in [3.05, 3.63) is 149 Å². The summed E-state index contributed by atoms with van der Waals surface area (Å²) in [4.78, 5) is 5.53. The van der Waals surface area contributed by atoms with Gasteiger partial charge < -0.3 is 28.9 Å². The van der Waals surface area contributed by atoms with Crippen LogP contribution in [0.5, 0.6) is 0 Å². The molecule has 0 atom stereocenters. The Morgan fingerprint density at radius 3 is 1.15 bits per heavy atom. The molecule has 0 spiro atoms. The molecule has 0 aliphatic heterocycles. The third kappa shape index (κ3) is 10.7. The molecule has 0 aliphatic carbocycles. The molecular formula is C39H41N3Na2O7S2. The standard InChI is InChI=1S/C39H43N3O7S2.2Na/c1-5-41(27-29-9-7-11-37(25-29)50(44,45)46)35-21-15-32(16-22-35)39(43,31-13-19-34(20-14-31)40(3)4)33-17-23-36(24-18-33)42(6-2)28-30-10-8-12-38(26-30)51(47,48)49;;/h7-26,43H,5-6,27-28H2,1-4H3,(H,44,45,46)(H,47,48,49);;/q;2*+1/p-2. The topological polar surface area (TPSA) is 144 Å². The molecule has 5 aromatic carbocycles. The summed E-state index contributed by atoms with van der Waals surface area (Å²) >= 11 is 0. The summed E-state index contributed by atoms with van der Waals surface area (Å²) < 4.78 is 69.5. The molecule has 0 saturated carbocycles. The van der Waals surface area contributed by atoms with Crippen molar-refractivity contribution in [2.24, 2.45) is 0 Å². The minimum absolute atomic E-state index is 0. The molecule has 0 bridgehead atoms. The third-order valence-electron chi connectivity index (χ3n) is 8.99. The average Bonchev–Trinajstić information content (AvgIpc) is 3.12. The first-order valence-electron chi connectivity index (χ1n) is 16.4. The first kappa shape index (κ1) is 44.7. The van der Waals surface area contributed by atoms with E-state index < -0.39 is 25.8 Å². The van der Waals surface area contributed by atoms with E-state index in [1.807, 2.05) is 115 Å². The van der Waals surface area contributed by atoms with Crippen LogP contribution in [0.2, 0.25) is 0 Å². The molecule has 14 heteroatoms. The number of rotatable bonds is 14. The smallest absolute Gasteiger partial charge is 0.744 e. The summed E-state index contributed by atoms with van der Waals surface area (Å²) in [5.74, 6) is 0. The number of benzene rings is 5. The fraction of sp³-hybridized carbons (Fsp3) is 0.231. The molecule has 0 aromatic heterocycles. The Morgan fingerprint density at radius 2 is 0.868 bits per heavy atom. The van der Waals surface area contributed by atoms with Crippen molar-refractivity contribution in [2.45, 2.75) is 42.3 Å². The van der Waals surface area contributed by atoms with Crippen LogP contribution in [0.3, 0.4) is 0 Å². The van der Waals surface area contributed by atoms with E-state index in [0.29, 0.717) is 54.0 Å². The fourth-order valence-electron chi connectivity index (χ4n) is 6.14. The van der Waals surface area contributed by atoms with Crippen LogP contribution in [0.15, 0.2) is 131 Å². The number of hydrogen-bond donors (Lipinski definition) is 1. The molecule has 10 nitrogen and oxygen atoms in total. The molecule has 0 fully saturated rings. The molecule has 1 N–H and O–H groups in total. The van der Waals surface area contributed by atoms with Crippen molar-refractivity contribution in [3.63, 3.8) is 0 Å². The first-order valence-corrected chi connectivity index (χ1v) is 19.3. The summed E-state index contributed by atoms with van der Waals surface area (Å²) in [6.45, 7) is 5.93. The minimum atomic E-state index is -4.58. The Balaban J connectivity index is 0.00000378. The van der Waals surface area contributed by atoms with E-state index in [1.165, 1.54) is 24.3 Å². The van der Waals surface area contributed by atoms with E-state index in [2.05, 4.69) is 0 Å². The Hall–Kier alpha value is -2.72. The van der Waals surface area contributed by atoms with Gasteiger partial charge in [0.05, 0.1) is 9.79 Å². The number of aliphatic hydroxyl groups is 1. The maximum Gasteiger partial charge on any atom is 1.00 e.